The number of carbonyl (C=O) groups is 1. The molecular formula is C19H16N2O4S2. The van der Waals surface area contributed by atoms with Crippen molar-refractivity contribution in [1.82, 2.24) is 0 Å². The van der Waals surface area contributed by atoms with Crippen LogP contribution in [0.3, 0.4) is 0 Å². The van der Waals surface area contributed by atoms with Crippen molar-refractivity contribution < 1.29 is 18.0 Å². The third-order valence-corrected chi connectivity index (χ3v) is 7.01. The van der Waals surface area contributed by atoms with Gasteiger partial charge in [-0.3, -0.25) is 9.63 Å². The van der Waals surface area contributed by atoms with Crippen LogP contribution in [0.4, 0.5) is 11.4 Å². The molecule has 0 fully saturated rings. The minimum atomic E-state index is -3.90. The van der Waals surface area contributed by atoms with E-state index >= 15 is 0 Å². The molecule has 0 spiro atoms. The number of fused-ring (bicyclic) bond motifs is 1. The van der Waals surface area contributed by atoms with Crippen LogP contribution < -0.4 is 9.79 Å². The molecule has 0 saturated carbocycles. The van der Waals surface area contributed by atoms with Crippen LogP contribution in [-0.4, -0.2) is 21.3 Å². The van der Waals surface area contributed by atoms with Crippen molar-refractivity contribution >= 4 is 38.9 Å². The van der Waals surface area contributed by atoms with Crippen molar-refractivity contribution in [3.05, 3.63) is 71.3 Å². The minimum absolute atomic E-state index is 0.0489. The molecule has 27 heavy (non-hydrogen) atoms. The van der Waals surface area contributed by atoms with Gasteiger partial charge in [-0.1, -0.05) is 36.0 Å². The fraction of sp³-hybridized carbons (Fsp3) is 0.105. The minimum Gasteiger partial charge on any atom is -0.352 e. The van der Waals surface area contributed by atoms with Crippen molar-refractivity contribution in [2.24, 2.45) is 0 Å². The zero-order valence-corrected chi connectivity index (χ0v) is 16.0. The van der Waals surface area contributed by atoms with E-state index in [0.717, 1.165) is 20.0 Å². The van der Waals surface area contributed by atoms with E-state index in [4.69, 9.17) is 4.84 Å². The Morgan fingerprint density at radius 3 is 2.59 bits per heavy atom. The van der Waals surface area contributed by atoms with E-state index < -0.39 is 10.0 Å². The van der Waals surface area contributed by atoms with Crippen molar-refractivity contribution in [3.63, 3.8) is 0 Å². The number of nitrogens with one attached hydrogen (secondary N) is 1. The molecular weight excluding hydrogens is 384 g/mol. The van der Waals surface area contributed by atoms with Gasteiger partial charge < -0.3 is 5.32 Å². The number of sulfonamides is 1. The maximum atomic E-state index is 13.1. The summed E-state index contributed by atoms with van der Waals surface area (Å²) in [6.45, 7) is 0. The van der Waals surface area contributed by atoms with Gasteiger partial charge in [0.05, 0.1) is 17.7 Å². The number of hydrogen-bond acceptors (Lipinski definition) is 6. The summed E-state index contributed by atoms with van der Waals surface area (Å²) < 4.78 is 27.1. The number of thioether (sulfide) groups is 1. The molecule has 8 heteroatoms. The molecule has 0 unspecified atom stereocenters. The van der Waals surface area contributed by atoms with E-state index in [9.17, 15) is 13.2 Å². The van der Waals surface area contributed by atoms with Crippen molar-refractivity contribution in [2.45, 2.75) is 16.2 Å². The van der Waals surface area contributed by atoms with Gasteiger partial charge in [0.15, 0.2) is 5.78 Å². The van der Waals surface area contributed by atoms with Gasteiger partial charge in [0, 0.05) is 21.9 Å². The number of allylic oxidation sites excluding steroid dienone is 3. The second kappa shape index (κ2) is 6.88. The van der Waals surface area contributed by atoms with E-state index in [1.165, 1.54) is 37.1 Å². The maximum absolute atomic E-state index is 13.1. The Morgan fingerprint density at radius 1 is 1.07 bits per heavy atom. The molecule has 2 aromatic rings. The van der Waals surface area contributed by atoms with Crippen LogP contribution in [-0.2, 0) is 19.7 Å². The average Bonchev–Trinajstić information content (AvgIpc) is 2.67. The molecule has 1 N–H and O–H groups in total. The van der Waals surface area contributed by atoms with Gasteiger partial charge in [-0.25, -0.2) is 0 Å². The first kappa shape index (κ1) is 17.8. The van der Waals surface area contributed by atoms with Crippen molar-refractivity contribution in [2.75, 3.05) is 16.9 Å². The molecule has 0 radical (unpaired) electrons. The number of carbonyl (C=O) groups excluding carboxylic acids is 1. The first-order chi connectivity index (χ1) is 13.0. The number of ketones is 1. The first-order valence-electron chi connectivity index (χ1n) is 8.17. The van der Waals surface area contributed by atoms with Gasteiger partial charge >= 0.3 is 0 Å². The monoisotopic (exact) mass is 400 g/mol. The van der Waals surface area contributed by atoms with Crippen LogP contribution in [0.15, 0.2) is 81.1 Å². The molecule has 0 atom stereocenters. The Balaban J connectivity index is 1.78. The lowest BCUT2D eigenvalue weighted by Gasteiger charge is -2.29. The van der Waals surface area contributed by atoms with Gasteiger partial charge in [0.2, 0.25) is 0 Å². The largest absolute Gasteiger partial charge is 0.352 e. The number of para-hydroxylation sites is 1. The van der Waals surface area contributed by atoms with Gasteiger partial charge in [-0.05, 0) is 36.4 Å². The van der Waals surface area contributed by atoms with E-state index in [1.807, 2.05) is 6.07 Å². The van der Waals surface area contributed by atoms with E-state index in [2.05, 4.69) is 5.32 Å². The number of rotatable bonds is 4. The second-order valence-corrected chi connectivity index (χ2v) is 8.81. The molecule has 2 aromatic carbocycles. The summed E-state index contributed by atoms with van der Waals surface area (Å²) in [6.07, 6.45) is 3.58. The Hall–Kier alpha value is -2.55. The molecule has 4 rings (SSSR count). The molecule has 138 valence electrons. The average molecular weight is 400 g/mol. The SMILES string of the molecule is CON(c1cccc2c1NC1=C(CC(=O)C=C1)S2)S(=O)(=O)c1ccccc1. The van der Waals surface area contributed by atoms with Crippen molar-refractivity contribution in [1.29, 1.82) is 0 Å². The fourth-order valence-corrected chi connectivity index (χ4v) is 5.36. The summed E-state index contributed by atoms with van der Waals surface area (Å²) in [4.78, 5) is 18.8. The number of anilines is 2. The van der Waals surface area contributed by atoms with E-state index in [-0.39, 0.29) is 10.7 Å². The summed E-state index contributed by atoms with van der Waals surface area (Å²) in [7, 11) is -2.58. The Kier molecular flexibility index (Phi) is 4.55. The van der Waals surface area contributed by atoms with Crippen LogP contribution in [0.5, 0.6) is 0 Å². The summed E-state index contributed by atoms with van der Waals surface area (Å²) in [5.74, 6) is 0.0489. The molecule has 0 aromatic heterocycles. The van der Waals surface area contributed by atoms with Gasteiger partial charge in [-0.15, -0.1) is 4.47 Å². The smallest absolute Gasteiger partial charge is 0.286 e. The Labute approximate surface area is 161 Å². The highest BCUT2D eigenvalue weighted by atomic mass is 32.2. The molecule has 2 aliphatic rings. The predicted molar refractivity (Wildman–Crippen MR) is 105 cm³/mol. The lowest BCUT2D eigenvalue weighted by molar-refractivity contribution is -0.114. The first-order valence-corrected chi connectivity index (χ1v) is 10.4. The van der Waals surface area contributed by atoms with Crippen LogP contribution in [0, 0.1) is 0 Å². The summed E-state index contributed by atoms with van der Waals surface area (Å²) in [5.41, 5.74) is 1.80. The van der Waals surface area contributed by atoms with Gasteiger partial charge in [-0.2, -0.15) is 8.42 Å². The summed E-state index contributed by atoms with van der Waals surface area (Å²) >= 11 is 1.46. The van der Waals surface area contributed by atoms with Gasteiger partial charge in [0.1, 0.15) is 5.69 Å². The molecule has 0 saturated heterocycles. The molecule has 0 amide bonds. The van der Waals surface area contributed by atoms with Crippen LogP contribution in [0.2, 0.25) is 0 Å². The third kappa shape index (κ3) is 3.16. The van der Waals surface area contributed by atoms with Gasteiger partial charge in [0.25, 0.3) is 10.0 Å². The Bertz CT molecular complexity index is 1080. The zero-order valence-electron chi connectivity index (χ0n) is 14.4. The molecule has 1 aliphatic carbocycles. The van der Waals surface area contributed by atoms with Crippen LogP contribution in [0.1, 0.15) is 6.42 Å². The van der Waals surface area contributed by atoms with Crippen molar-refractivity contribution in [3.8, 4) is 0 Å². The molecule has 1 aliphatic heterocycles. The quantitative estimate of drug-likeness (QED) is 0.789. The highest BCUT2D eigenvalue weighted by molar-refractivity contribution is 8.03. The van der Waals surface area contributed by atoms with E-state index in [0.29, 0.717) is 17.8 Å². The fourth-order valence-electron chi connectivity index (χ4n) is 2.95. The topological polar surface area (TPSA) is 75.7 Å². The molecule has 6 nitrogen and oxygen atoms in total. The number of hydrogen-bond donors (Lipinski definition) is 1. The highest BCUT2D eigenvalue weighted by Gasteiger charge is 2.31. The summed E-state index contributed by atoms with van der Waals surface area (Å²) in [6, 6.07) is 13.5. The highest BCUT2D eigenvalue weighted by Crippen LogP contribution is 2.47. The summed E-state index contributed by atoms with van der Waals surface area (Å²) in [5, 5.41) is 3.26. The van der Waals surface area contributed by atoms with Crippen LogP contribution in [0.25, 0.3) is 0 Å². The molecule has 0 bridgehead atoms. The lowest BCUT2D eigenvalue weighted by Crippen LogP contribution is -2.31. The van der Waals surface area contributed by atoms with Crippen LogP contribution >= 0.6 is 11.8 Å². The second-order valence-electron chi connectivity index (χ2n) is 5.92. The zero-order chi connectivity index (χ0) is 19.0. The molecule has 1 heterocycles. The third-order valence-electron chi connectivity index (χ3n) is 4.19. The van der Waals surface area contributed by atoms with E-state index in [1.54, 1.807) is 36.4 Å². The maximum Gasteiger partial charge on any atom is 0.286 e. The number of benzene rings is 2. The standard InChI is InChI=1S/C19H16N2O4S2/c1-25-21(27(23,24)14-6-3-2-4-7-14)16-8-5-9-17-19(16)20-15-11-10-13(22)12-18(15)26-17/h2-11,20H,12H2,1H3. The predicted octanol–water partition coefficient (Wildman–Crippen LogP) is 3.70. The number of nitrogens with zero attached hydrogens (tertiary/aromatic N) is 1. The normalized spacial score (nSPS) is 15.8. The lowest BCUT2D eigenvalue weighted by atomic mass is 10.1. The Morgan fingerprint density at radius 2 is 1.85 bits per heavy atom.